The normalized spacial score (nSPS) is 20.4. The zero-order chi connectivity index (χ0) is 11.8. The number of nitrogens with zero attached hydrogens (tertiary/aromatic N) is 2. The average molecular weight is 241 g/mol. The lowest BCUT2D eigenvalue weighted by Gasteiger charge is -2.46. The molecular formula is C10H15N3O2S. The van der Waals surface area contributed by atoms with Gasteiger partial charge < -0.3 is 5.73 Å². The number of nitrogens with two attached hydrogens (primary N) is 1. The van der Waals surface area contributed by atoms with Gasteiger partial charge >= 0.3 is 0 Å². The van der Waals surface area contributed by atoms with Crippen molar-refractivity contribution < 1.29 is 8.42 Å². The SMILES string of the molecule is CCC1(N)CN(S(=O)(=O)c2cccnc2)C1. The highest BCUT2D eigenvalue weighted by molar-refractivity contribution is 7.89. The molecule has 0 amide bonds. The van der Waals surface area contributed by atoms with Crippen LogP contribution >= 0.6 is 0 Å². The summed E-state index contributed by atoms with van der Waals surface area (Å²) in [6.07, 6.45) is 3.69. The number of pyridine rings is 1. The molecule has 0 aromatic carbocycles. The van der Waals surface area contributed by atoms with Crippen LogP contribution in [0.15, 0.2) is 29.4 Å². The predicted molar refractivity (Wildman–Crippen MR) is 60.2 cm³/mol. The van der Waals surface area contributed by atoms with Crippen LogP contribution in [0.4, 0.5) is 0 Å². The smallest absolute Gasteiger partial charge is 0.244 e. The third-order valence-electron chi connectivity index (χ3n) is 2.96. The zero-order valence-corrected chi connectivity index (χ0v) is 9.94. The number of sulfonamides is 1. The van der Waals surface area contributed by atoms with Gasteiger partial charge in [-0.3, -0.25) is 4.98 Å². The molecule has 0 spiro atoms. The topological polar surface area (TPSA) is 76.3 Å². The fourth-order valence-corrected chi connectivity index (χ4v) is 3.30. The minimum atomic E-state index is -3.39. The molecule has 1 aliphatic heterocycles. The molecule has 0 radical (unpaired) electrons. The average Bonchev–Trinajstić information content (AvgIpc) is 2.26. The third kappa shape index (κ3) is 1.83. The molecule has 1 aliphatic rings. The van der Waals surface area contributed by atoms with Crippen molar-refractivity contribution in [3.05, 3.63) is 24.5 Å². The second-order valence-corrected chi connectivity index (χ2v) is 6.12. The Hall–Kier alpha value is -0.980. The summed E-state index contributed by atoms with van der Waals surface area (Å²) in [5, 5.41) is 0. The van der Waals surface area contributed by atoms with E-state index in [1.165, 1.54) is 10.5 Å². The molecule has 2 N–H and O–H groups in total. The lowest BCUT2D eigenvalue weighted by Crippen LogP contribution is -2.68. The molecule has 2 heterocycles. The monoisotopic (exact) mass is 241 g/mol. The van der Waals surface area contributed by atoms with E-state index in [0.717, 1.165) is 6.42 Å². The van der Waals surface area contributed by atoms with Crippen molar-refractivity contribution >= 4 is 10.0 Å². The predicted octanol–water partition coefficient (Wildman–Crippen LogP) is 0.193. The third-order valence-corrected chi connectivity index (χ3v) is 4.73. The van der Waals surface area contributed by atoms with E-state index in [2.05, 4.69) is 4.98 Å². The second-order valence-electron chi connectivity index (χ2n) is 4.18. The van der Waals surface area contributed by atoms with Crippen LogP contribution in [-0.2, 0) is 10.0 Å². The molecule has 1 aromatic heterocycles. The molecule has 0 bridgehead atoms. The first-order valence-corrected chi connectivity index (χ1v) is 6.61. The van der Waals surface area contributed by atoms with Crippen molar-refractivity contribution in [3.63, 3.8) is 0 Å². The number of aromatic nitrogens is 1. The Balaban J connectivity index is 2.18. The maximum atomic E-state index is 12.0. The molecule has 5 nitrogen and oxygen atoms in total. The molecule has 0 saturated carbocycles. The van der Waals surface area contributed by atoms with Gasteiger partial charge in [0.1, 0.15) is 4.90 Å². The molecule has 1 fully saturated rings. The number of hydrogen-bond donors (Lipinski definition) is 1. The van der Waals surface area contributed by atoms with Gasteiger partial charge in [-0.15, -0.1) is 0 Å². The standard InChI is InChI=1S/C10H15N3O2S/c1-2-10(11)7-13(8-10)16(14,15)9-4-3-5-12-6-9/h3-6H,2,7-8,11H2,1H3. The van der Waals surface area contributed by atoms with Crippen molar-refractivity contribution in [2.45, 2.75) is 23.8 Å². The van der Waals surface area contributed by atoms with Crippen molar-refractivity contribution in [3.8, 4) is 0 Å². The van der Waals surface area contributed by atoms with Crippen LogP contribution in [0.3, 0.4) is 0 Å². The highest BCUT2D eigenvalue weighted by atomic mass is 32.2. The van der Waals surface area contributed by atoms with Crippen molar-refractivity contribution in [2.75, 3.05) is 13.1 Å². The van der Waals surface area contributed by atoms with Crippen LogP contribution < -0.4 is 5.73 Å². The summed E-state index contributed by atoms with van der Waals surface area (Å²) in [5.74, 6) is 0. The lowest BCUT2D eigenvalue weighted by molar-refractivity contribution is 0.153. The summed E-state index contributed by atoms with van der Waals surface area (Å²) in [4.78, 5) is 4.04. The van der Waals surface area contributed by atoms with Gasteiger partial charge in [0.2, 0.25) is 10.0 Å². The molecule has 1 aromatic rings. The molecule has 88 valence electrons. The highest BCUT2D eigenvalue weighted by Gasteiger charge is 2.44. The summed E-state index contributed by atoms with van der Waals surface area (Å²) >= 11 is 0. The van der Waals surface area contributed by atoms with E-state index in [-0.39, 0.29) is 10.4 Å². The second kappa shape index (κ2) is 3.80. The molecule has 16 heavy (non-hydrogen) atoms. The maximum absolute atomic E-state index is 12.0. The summed E-state index contributed by atoms with van der Waals surface area (Å²) in [7, 11) is -3.39. The highest BCUT2D eigenvalue weighted by Crippen LogP contribution is 2.27. The van der Waals surface area contributed by atoms with E-state index >= 15 is 0 Å². The maximum Gasteiger partial charge on any atom is 0.244 e. The van der Waals surface area contributed by atoms with Crippen LogP contribution in [0, 0.1) is 0 Å². The summed E-state index contributed by atoms with van der Waals surface area (Å²) in [6.45, 7) is 2.75. The van der Waals surface area contributed by atoms with Crippen LogP contribution in [0.2, 0.25) is 0 Å². The van der Waals surface area contributed by atoms with Crippen LogP contribution in [-0.4, -0.2) is 36.3 Å². The molecule has 0 aliphatic carbocycles. The quantitative estimate of drug-likeness (QED) is 0.819. The van der Waals surface area contributed by atoms with Gasteiger partial charge in [-0.2, -0.15) is 4.31 Å². The van der Waals surface area contributed by atoms with Gasteiger partial charge in [-0.1, -0.05) is 6.92 Å². The zero-order valence-electron chi connectivity index (χ0n) is 9.13. The molecule has 2 rings (SSSR count). The summed E-state index contributed by atoms with van der Waals surface area (Å²) in [6, 6.07) is 3.16. The Bertz CT molecular complexity index is 466. The van der Waals surface area contributed by atoms with Crippen LogP contribution in [0.5, 0.6) is 0 Å². The molecule has 0 unspecified atom stereocenters. The number of hydrogen-bond acceptors (Lipinski definition) is 4. The van der Waals surface area contributed by atoms with E-state index in [9.17, 15) is 8.42 Å². The lowest BCUT2D eigenvalue weighted by atomic mass is 9.91. The minimum absolute atomic E-state index is 0.230. The largest absolute Gasteiger partial charge is 0.323 e. The summed E-state index contributed by atoms with van der Waals surface area (Å²) in [5.41, 5.74) is 5.59. The van der Waals surface area contributed by atoms with Gasteiger partial charge in [0.05, 0.1) is 0 Å². The van der Waals surface area contributed by atoms with Crippen molar-refractivity contribution in [2.24, 2.45) is 5.73 Å². The van der Waals surface area contributed by atoms with E-state index in [4.69, 9.17) is 5.73 Å². The van der Waals surface area contributed by atoms with Crippen molar-refractivity contribution in [1.29, 1.82) is 0 Å². The summed E-state index contributed by atoms with van der Waals surface area (Å²) < 4.78 is 25.5. The van der Waals surface area contributed by atoms with E-state index in [1.807, 2.05) is 6.92 Å². The first kappa shape index (κ1) is 11.5. The van der Waals surface area contributed by atoms with Gasteiger partial charge in [0, 0.05) is 31.0 Å². The fourth-order valence-electron chi connectivity index (χ4n) is 1.70. The van der Waals surface area contributed by atoms with Crippen molar-refractivity contribution in [1.82, 2.24) is 9.29 Å². The fraction of sp³-hybridized carbons (Fsp3) is 0.500. The Morgan fingerprint density at radius 2 is 2.25 bits per heavy atom. The molecule has 0 atom stereocenters. The van der Waals surface area contributed by atoms with Crippen LogP contribution in [0.1, 0.15) is 13.3 Å². The van der Waals surface area contributed by atoms with E-state index in [0.29, 0.717) is 13.1 Å². The first-order valence-electron chi connectivity index (χ1n) is 5.17. The Morgan fingerprint density at radius 3 is 2.75 bits per heavy atom. The van der Waals surface area contributed by atoms with E-state index in [1.54, 1.807) is 18.3 Å². The Morgan fingerprint density at radius 1 is 1.56 bits per heavy atom. The van der Waals surface area contributed by atoms with Gasteiger partial charge in [0.15, 0.2) is 0 Å². The minimum Gasteiger partial charge on any atom is -0.323 e. The van der Waals surface area contributed by atoms with Gasteiger partial charge in [-0.05, 0) is 18.6 Å². The molecule has 1 saturated heterocycles. The first-order chi connectivity index (χ1) is 7.48. The van der Waals surface area contributed by atoms with Crippen LogP contribution in [0.25, 0.3) is 0 Å². The molecular weight excluding hydrogens is 226 g/mol. The van der Waals surface area contributed by atoms with Gasteiger partial charge in [-0.25, -0.2) is 8.42 Å². The number of rotatable bonds is 3. The van der Waals surface area contributed by atoms with E-state index < -0.39 is 10.0 Å². The van der Waals surface area contributed by atoms with Gasteiger partial charge in [0.25, 0.3) is 0 Å². The Kier molecular flexibility index (Phi) is 2.73. The Labute approximate surface area is 95.3 Å². The molecule has 6 heteroatoms.